The van der Waals surface area contributed by atoms with E-state index in [-0.39, 0.29) is 24.1 Å². The van der Waals surface area contributed by atoms with Crippen molar-refractivity contribution in [3.05, 3.63) is 95.4 Å². The SMILES string of the molecule is COc1ccccc1C(=O)Nc1ccc(O)c(-c2cc(C3CCC3)n(C(=O)NCc3ccccc3F)n2)c1. The molecule has 1 saturated carbocycles. The summed E-state index contributed by atoms with van der Waals surface area (Å²) in [6, 6.07) is 19.1. The number of hydrogen-bond donors (Lipinski definition) is 3. The third-order valence-electron chi connectivity index (χ3n) is 6.72. The van der Waals surface area contributed by atoms with Crippen molar-refractivity contribution in [2.24, 2.45) is 0 Å². The molecule has 4 aromatic rings. The number of nitrogens with one attached hydrogen (secondary N) is 2. The van der Waals surface area contributed by atoms with Crippen LogP contribution in [0.1, 0.15) is 46.8 Å². The number of halogens is 1. The number of anilines is 1. The lowest BCUT2D eigenvalue weighted by molar-refractivity contribution is 0.102. The summed E-state index contributed by atoms with van der Waals surface area (Å²) in [5.41, 5.74) is 2.66. The third-order valence-corrected chi connectivity index (χ3v) is 6.72. The van der Waals surface area contributed by atoms with Crippen molar-refractivity contribution in [3.8, 4) is 22.8 Å². The van der Waals surface area contributed by atoms with Gasteiger partial charge in [-0.3, -0.25) is 4.79 Å². The van der Waals surface area contributed by atoms with Gasteiger partial charge in [0.25, 0.3) is 5.91 Å². The second-order valence-corrected chi connectivity index (χ2v) is 9.13. The highest BCUT2D eigenvalue weighted by atomic mass is 19.1. The van der Waals surface area contributed by atoms with E-state index >= 15 is 0 Å². The number of benzene rings is 3. The lowest BCUT2D eigenvalue weighted by Gasteiger charge is -2.25. The summed E-state index contributed by atoms with van der Waals surface area (Å²) in [5.74, 6) is -0.213. The van der Waals surface area contributed by atoms with Crippen LogP contribution < -0.4 is 15.4 Å². The van der Waals surface area contributed by atoms with Crippen LogP contribution in [0.2, 0.25) is 0 Å². The number of amides is 2. The van der Waals surface area contributed by atoms with E-state index < -0.39 is 11.8 Å². The van der Waals surface area contributed by atoms with Gasteiger partial charge in [-0.1, -0.05) is 36.8 Å². The number of methoxy groups -OCH3 is 1. The Bertz CT molecular complexity index is 1500. The molecule has 0 unspecified atom stereocenters. The molecule has 3 N–H and O–H groups in total. The molecule has 8 nitrogen and oxygen atoms in total. The van der Waals surface area contributed by atoms with Crippen LogP contribution in [0, 0.1) is 5.82 Å². The first kappa shape index (κ1) is 25.0. The van der Waals surface area contributed by atoms with Crippen LogP contribution in [-0.4, -0.2) is 33.9 Å². The van der Waals surface area contributed by atoms with Crippen LogP contribution in [-0.2, 0) is 6.54 Å². The van der Waals surface area contributed by atoms with Crippen molar-refractivity contribution in [1.29, 1.82) is 0 Å². The van der Waals surface area contributed by atoms with Crippen LogP contribution in [0.5, 0.6) is 11.5 Å². The molecule has 3 aromatic carbocycles. The number of nitrogens with zero attached hydrogens (tertiary/aromatic N) is 2. The molecule has 5 rings (SSSR count). The lowest BCUT2D eigenvalue weighted by atomic mass is 9.82. The Morgan fingerprint density at radius 1 is 1.08 bits per heavy atom. The maximum Gasteiger partial charge on any atom is 0.342 e. The van der Waals surface area contributed by atoms with Gasteiger partial charge in [0.05, 0.1) is 24.1 Å². The fourth-order valence-corrected chi connectivity index (χ4v) is 4.42. The Labute approximate surface area is 219 Å². The molecule has 1 aromatic heterocycles. The minimum Gasteiger partial charge on any atom is -0.507 e. The van der Waals surface area contributed by atoms with Gasteiger partial charge in [0.2, 0.25) is 0 Å². The first-order valence-electron chi connectivity index (χ1n) is 12.3. The minimum absolute atomic E-state index is 0.0144. The number of hydrogen-bond acceptors (Lipinski definition) is 5. The van der Waals surface area contributed by atoms with Gasteiger partial charge in [-0.2, -0.15) is 9.78 Å². The second-order valence-electron chi connectivity index (χ2n) is 9.13. The first-order valence-corrected chi connectivity index (χ1v) is 12.3. The normalized spacial score (nSPS) is 13.0. The number of aromatic hydroxyl groups is 1. The van der Waals surface area contributed by atoms with E-state index in [4.69, 9.17) is 4.74 Å². The summed E-state index contributed by atoms with van der Waals surface area (Å²) in [7, 11) is 1.49. The van der Waals surface area contributed by atoms with Crippen LogP contribution in [0.4, 0.5) is 14.9 Å². The quantitative estimate of drug-likeness (QED) is 0.275. The van der Waals surface area contributed by atoms with E-state index in [1.165, 1.54) is 23.9 Å². The predicted molar refractivity (Wildman–Crippen MR) is 141 cm³/mol. The van der Waals surface area contributed by atoms with E-state index in [0.717, 1.165) is 25.0 Å². The molecule has 0 radical (unpaired) electrons. The van der Waals surface area contributed by atoms with Crippen molar-refractivity contribution in [2.45, 2.75) is 31.7 Å². The van der Waals surface area contributed by atoms with Gasteiger partial charge >= 0.3 is 6.03 Å². The summed E-state index contributed by atoms with van der Waals surface area (Å²) >= 11 is 0. The average Bonchev–Trinajstić information content (AvgIpc) is 3.32. The number of para-hydroxylation sites is 1. The molecule has 0 atom stereocenters. The van der Waals surface area contributed by atoms with Gasteiger partial charge in [0, 0.05) is 29.3 Å². The van der Waals surface area contributed by atoms with E-state index in [0.29, 0.717) is 33.8 Å². The molecule has 38 heavy (non-hydrogen) atoms. The molecule has 194 valence electrons. The molecule has 0 spiro atoms. The summed E-state index contributed by atoms with van der Waals surface area (Å²) in [6.45, 7) is 0.0144. The molecule has 1 aliphatic carbocycles. The number of rotatable bonds is 7. The van der Waals surface area contributed by atoms with E-state index in [9.17, 15) is 19.1 Å². The molecule has 0 bridgehead atoms. The fraction of sp³-hybridized carbons (Fsp3) is 0.207. The maximum atomic E-state index is 14.0. The number of carbonyl (C=O) groups excluding carboxylic acids is 2. The van der Waals surface area contributed by atoms with E-state index in [2.05, 4.69) is 15.7 Å². The van der Waals surface area contributed by atoms with Gasteiger partial charge < -0.3 is 20.5 Å². The molecular formula is C29H27FN4O4. The number of phenolic OH excluding ortho intramolecular Hbond substituents is 1. The summed E-state index contributed by atoms with van der Waals surface area (Å²) in [5, 5.41) is 20.7. The van der Waals surface area contributed by atoms with Crippen LogP contribution in [0.3, 0.4) is 0 Å². The summed E-state index contributed by atoms with van der Waals surface area (Å²) in [6.07, 6.45) is 2.90. The number of phenols is 1. The molecule has 9 heteroatoms. The van der Waals surface area contributed by atoms with Gasteiger partial charge in [-0.25, -0.2) is 9.18 Å². The van der Waals surface area contributed by atoms with Crippen LogP contribution >= 0.6 is 0 Å². The first-order chi connectivity index (χ1) is 18.4. The lowest BCUT2D eigenvalue weighted by Crippen LogP contribution is -2.31. The average molecular weight is 515 g/mol. The van der Waals surface area contributed by atoms with E-state index in [1.807, 2.05) is 0 Å². The number of carbonyl (C=O) groups is 2. The van der Waals surface area contributed by atoms with Gasteiger partial charge in [0.15, 0.2) is 0 Å². The van der Waals surface area contributed by atoms with Crippen LogP contribution in [0.25, 0.3) is 11.3 Å². The van der Waals surface area contributed by atoms with Crippen molar-refractivity contribution < 1.29 is 23.8 Å². The highest BCUT2D eigenvalue weighted by Crippen LogP contribution is 2.39. The van der Waals surface area contributed by atoms with Crippen molar-refractivity contribution in [3.63, 3.8) is 0 Å². The van der Waals surface area contributed by atoms with Crippen molar-refractivity contribution in [1.82, 2.24) is 15.1 Å². The zero-order valence-electron chi connectivity index (χ0n) is 20.8. The molecule has 1 aliphatic rings. The smallest absolute Gasteiger partial charge is 0.342 e. The van der Waals surface area contributed by atoms with Gasteiger partial charge in [-0.05, 0) is 55.3 Å². The Morgan fingerprint density at radius 3 is 2.58 bits per heavy atom. The topological polar surface area (TPSA) is 105 Å². The van der Waals surface area contributed by atoms with Crippen LogP contribution in [0.15, 0.2) is 72.8 Å². The van der Waals surface area contributed by atoms with Crippen molar-refractivity contribution >= 4 is 17.6 Å². The molecule has 0 saturated heterocycles. The van der Waals surface area contributed by atoms with Crippen molar-refractivity contribution in [2.75, 3.05) is 12.4 Å². The maximum absolute atomic E-state index is 14.0. The molecule has 0 aliphatic heterocycles. The van der Waals surface area contributed by atoms with E-state index in [1.54, 1.807) is 60.7 Å². The molecule has 1 fully saturated rings. The summed E-state index contributed by atoms with van der Waals surface area (Å²) in [4.78, 5) is 26.0. The highest BCUT2D eigenvalue weighted by molar-refractivity contribution is 6.06. The second kappa shape index (κ2) is 10.8. The largest absolute Gasteiger partial charge is 0.507 e. The predicted octanol–water partition coefficient (Wildman–Crippen LogP) is 5.68. The molecular weight excluding hydrogens is 487 g/mol. The minimum atomic E-state index is -0.485. The Balaban J connectivity index is 1.41. The summed E-state index contributed by atoms with van der Waals surface area (Å²) < 4.78 is 20.6. The fourth-order valence-electron chi connectivity index (χ4n) is 4.42. The highest BCUT2D eigenvalue weighted by Gasteiger charge is 2.28. The zero-order chi connectivity index (χ0) is 26.6. The van der Waals surface area contributed by atoms with Gasteiger partial charge in [0.1, 0.15) is 17.3 Å². The third kappa shape index (κ3) is 5.08. The number of aromatic nitrogens is 2. The Morgan fingerprint density at radius 2 is 1.84 bits per heavy atom. The zero-order valence-corrected chi connectivity index (χ0v) is 20.8. The molecule has 2 amide bonds. The Hall–Kier alpha value is -4.66. The van der Waals surface area contributed by atoms with Gasteiger partial charge in [-0.15, -0.1) is 0 Å². The number of ether oxygens (including phenoxy) is 1. The standard InChI is InChI=1S/C29H27FN4O4/c1-38-27-12-5-3-10-21(27)28(36)32-20-13-14-26(35)22(15-20)24-16-25(18-8-6-9-18)34(33-24)29(37)31-17-19-7-2-4-11-23(19)30/h2-5,7,10-16,18,35H,6,8-9,17H2,1H3,(H,31,37)(H,32,36). The molecule has 1 heterocycles. The Kier molecular flexibility index (Phi) is 7.08. The monoisotopic (exact) mass is 514 g/mol.